The zero-order valence-electron chi connectivity index (χ0n) is 12.7. The minimum absolute atomic E-state index is 0.0319. The molecule has 2 aliphatic rings. The number of amides is 1. The third-order valence-electron chi connectivity index (χ3n) is 4.96. The van der Waals surface area contributed by atoms with Crippen LogP contribution in [-0.2, 0) is 4.79 Å². The fraction of sp³-hybridized carbons (Fsp3) is 0.647. The van der Waals surface area contributed by atoms with E-state index in [0.29, 0.717) is 6.04 Å². The number of pyridine rings is 1. The van der Waals surface area contributed by atoms with Gasteiger partial charge in [0.25, 0.3) is 0 Å². The summed E-state index contributed by atoms with van der Waals surface area (Å²) in [5.41, 5.74) is 0.914. The molecule has 1 saturated heterocycles. The van der Waals surface area contributed by atoms with Crippen LogP contribution in [0, 0.1) is 5.92 Å². The van der Waals surface area contributed by atoms with Crippen LogP contribution in [-0.4, -0.2) is 23.0 Å². The zero-order chi connectivity index (χ0) is 14.7. The van der Waals surface area contributed by atoms with Gasteiger partial charge in [-0.25, -0.2) is 0 Å². The fourth-order valence-electron chi connectivity index (χ4n) is 3.72. The average Bonchev–Trinajstić information content (AvgIpc) is 2.55. The Balaban J connectivity index is 1.56. The topological polar surface area (TPSA) is 54.0 Å². The Bertz CT molecular complexity index is 476. The molecule has 1 aromatic heterocycles. The number of nitrogens with one attached hydrogen (secondary N) is 2. The van der Waals surface area contributed by atoms with E-state index < -0.39 is 0 Å². The van der Waals surface area contributed by atoms with Crippen molar-refractivity contribution in [2.45, 2.75) is 63.6 Å². The van der Waals surface area contributed by atoms with Crippen molar-refractivity contribution in [1.29, 1.82) is 0 Å². The van der Waals surface area contributed by atoms with Crippen LogP contribution in [0.4, 0.5) is 0 Å². The summed E-state index contributed by atoms with van der Waals surface area (Å²) in [6, 6.07) is 6.28. The molecule has 2 N–H and O–H groups in total. The van der Waals surface area contributed by atoms with Gasteiger partial charge in [0.2, 0.25) is 5.91 Å². The van der Waals surface area contributed by atoms with Crippen LogP contribution in [0.2, 0.25) is 0 Å². The zero-order valence-corrected chi connectivity index (χ0v) is 12.7. The predicted molar refractivity (Wildman–Crippen MR) is 82.7 cm³/mol. The molecule has 114 valence electrons. The Labute approximate surface area is 126 Å². The molecule has 4 nitrogen and oxygen atoms in total. The van der Waals surface area contributed by atoms with Crippen molar-refractivity contribution < 1.29 is 4.79 Å². The van der Waals surface area contributed by atoms with Crippen molar-refractivity contribution in [2.24, 2.45) is 5.92 Å². The molecular weight excluding hydrogens is 262 g/mol. The van der Waals surface area contributed by atoms with Gasteiger partial charge in [0.1, 0.15) is 0 Å². The normalized spacial score (nSPS) is 30.2. The molecule has 1 aromatic rings. The standard InChI is InChI=1S/C17H25N3O/c1-12(14-7-4-5-11-18-14)19-17(21)16-10-9-13-6-2-3-8-15(13)20-16/h4-5,7,11-13,15-16,20H,2-3,6,8-10H2,1H3,(H,19,21)/t12-,13?,15?,16?/m1/s1. The van der Waals surface area contributed by atoms with E-state index in [-0.39, 0.29) is 18.0 Å². The van der Waals surface area contributed by atoms with Crippen molar-refractivity contribution in [3.63, 3.8) is 0 Å². The van der Waals surface area contributed by atoms with Gasteiger partial charge in [0, 0.05) is 12.2 Å². The van der Waals surface area contributed by atoms with Crippen LogP contribution in [0.15, 0.2) is 24.4 Å². The van der Waals surface area contributed by atoms with Gasteiger partial charge in [-0.3, -0.25) is 9.78 Å². The second-order valence-corrected chi connectivity index (χ2v) is 6.43. The number of nitrogens with zero attached hydrogens (tertiary/aromatic N) is 1. The predicted octanol–water partition coefficient (Wildman–Crippen LogP) is 2.57. The lowest BCUT2D eigenvalue weighted by Gasteiger charge is -2.40. The van der Waals surface area contributed by atoms with Crippen molar-refractivity contribution in [2.75, 3.05) is 0 Å². The molecule has 0 aromatic carbocycles. The van der Waals surface area contributed by atoms with E-state index in [0.717, 1.165) is 18.0 Å². The van der Waals surface area contributed by atoms with Gasteiger partial charge < -0.3 is 10.6 Å². The summed E-state index contributed by atoms with van der Waals surface area (Å²) in [4.78, 5) is 16.8. The van der Waals surface area contributed by atoms with Crippen molar-refractivity contribution in [3.8, 4) is 0 Å². The summed E-state index contributed by atoms with van der Waals surface area (Å²) < 4.78 is 0. The Hall–Kier alpha value is -1.42. The van der Waals surface area contributed by atoms with E-state index in [1.165, 1.54) is 32.1 Å². The molecule has 0 spiro atoms. The maximum absolute atomic E-state index is 12.5. The lowest BCUT2D eigenvalue weighted by Crippen LogP contribution is -2.55. The van der Waals surface area contributed by atoms with Crippen LogP contribution in [0.3, 0.4) is 0 Å². The Morgan fingerprint density at radius 2 is 2.14 bits per heavy atom. The molecule has 4 heteroatoms. The van der Waals surface area contributed by atoms with E-state index in [9.17, 15) is 4.79 Å². The van der Waals surface area contributed by atoms with Crippen LogP contribution in [0.25, 0.3) is 0 Å². The minimum Gasteiger partial charge on any atom is -0.347 e. The van der Waals surface area contributed by atoms with Crippen molar-refractivity contribution in [1.82, 2.24) is 15.6 Å². The Morgan fingerprint density at radius 1 is 1.29 bits per heavy atom. The van der Waals surface area contributed by atoms with Crippen molar-refractivity contribution >= 4 is 5.91 Å². The number of aromatic nitrogens is 1. The molecule has 4 atom stereocenters. The number of carbonyl (C=O) groups excluding carboxylic acids is 1. The minimum atomic E-state index is -0.0374. The van der Waals surface area contributed by atoms with E-state index in [2.05, 4.69) is 15.6 Å². The second kappa shape index (κ2) is 6.56. The summed E-state index contributed by atoms with van der Waals surface area (Å²) >= 11 is 0. The third kappa shape index (κ3) is 3.43. The van der Waals surface area contributed by atoms with Gasteiger partial charge in [-0.1, -0.05) is 18.9 Å². The second-order valence-electron chi connectivity index (χ2n) is 6.43. The highest BCUT2D eigenvalue weighted by molar-refractivity contribution is 5.82. The quantitative estimate of drug-likeness (QED) is 0.898. The fourth-order valence-corrected chi connectivity index (χ4v) is 3.72. The highest BCUT2D eigenvalue weighted by Gasteiger charge is 2.34. The number of carbonyl (C=O) groups is 1. The van der Waals surface area contributed by atoms with Gasteiger partial charge >= 0.3 is 0 Å². The lowest BCUT2D eigenvalue weighted by atomic mass is 9.77. The van der Waals surface area contributed by atoms with Crippen LogP contribution in [0.1, 0.15) is 57.2 Å². The molecule has 3 rings (SSSR count). The maximum Gasteiger partial charge on any atom is 0.237 e. The average molecular weight is 287 g/mol. The molecule has 0 radical (unpaired) electrons. The van der Waals surface area contributed by atoms with Crippen LogP contribution in [0.5, 0.6) is 0 Å². The highest BCUT2D eigenvalue weighted by atomic mass is 16.2. The molecule has 1 aliphatic carbocycles. The molecule has 1 aliphatic heterocycles. The van der Waals surface area contributed by atoms with Gasteiger partial charge in [-0.2, -0.15) is 0 Å². The smallest absolute Gasteiger partial charge is 0.237 e. The Kier molecular flexibility index (Phi) is 4.54. The summed E-state index contributed by atoms with van der Waals surface area (Å²) in [5.74, 6) is 0.910. The first-order valence-electron chi connectivity index (χ1n) is 8.21. The number of hydrogen-bond donors (Lipinski definition) is 2. The number of piperidine rings is 1. The molecule has 1 amide bonds. The molecule has 21 heavy (non-hydrogen) atoms. The van der Waals surface area contributed by atoms with E-state index in [4.69, 9.17) is 0 Å². The van der Waals surface area contributed by atoms with Gasteiger partial charge in [-0.15, -0.1) is 0 Å². The highest BCUT2D eigenvalue weighted by Crippen LogP contribution is 2.32. The molecule has 2 heterocycles. The number of hydrogen-bond acceptors (Lipinski definition) is 3. The lowest BCUT2D eigenvalue weighted by molar-refractivity contribution is -0.125. The van der Waals surface area contributed by atoms with Crippen LogP contribution < -0.4 is 10.6 Å². The Morgan fingerprint density at radius 3 is 2.95 bits per heavy atom. The van der Waals surface area contributed by atoms with Gasteiger partial charge in [0.15, 0.2) is 0 Å². The van der Waals surface area contributed by atoms with Gasteiger partial charge in [-0.05, 0) is 50.7 Å². The van der Waals surface area contributed by atoms with Crippen molar-refractivity contribution in [3.05, 3.63) is 30.1 Å². The van der Waals surface area contributed by atoms with Gasteiger partial charge in [0.05, 0.1) is 17.8 Å². The van der Waals surface area contributed by atoms with E-state index in [1.54, 1.807) is 6.20 Å². The number of rotatable bonds is 3. The summed E-state index contributed by atoms with van der Waals surface area (Å²) in [5, 5.41) is 6.68. The SMILES string of the molecule is C[C@@H](NC(=O)C1CCC2CCCCC2N1)c1ccccn1. The first-order valence-corrected chi connectivity index (χ1v) is 8.21. The third-order valence-corrected chi connectivity index (χ3v) is 4.96. The number of fused-ring (bicyclic) bond motifs is 1. The monoisotopic (exact) mass is 287 g/mol. The van der Waals surface area contributed by atoms with E-state index in [1.807, 2.05) is 25.1 Å². The first-order chi connectivity index (χ1) is 10.2. The molecule has 0 bridgehead atoms. The largest absolute Gasteiger partial charge is 0.347 e. The molecule has 1 saturated carbocycles. The summed E-state index contributed by atoms with van der Waals surface area (Å²) in [6.45, 7) is 1.99. The summed E-state index contributed by atoms with van der Waals surface area (Å²) in [7, 11) is 0. The molecular formula is C17H25N3O. The molecule has 2 fully saturated rings. The first kappa shape index (κ1) is 14.5. The van der Waals surface area contributed by atoms with Crippen LogP contribution >= 0.6 is 0 Å². The van der Waals surface area contributed by atoms with E-state index >= 15 is 0 Å². The molecule has 3 unspecified atom stereocenters. The maximum atomic E-state index is 12.5. The summed E-state index contributed by atoms with van der Waals surface area (Å²) in [6.07, 6.45) is 9.13.